The highest BCUT2D eigenvalue weighted by atomic mass is 19.1. The van der Waals surface area contributed by atoms with Crippen LogP contribution in [0.4, 0.5) is 27.3 Å². The van der Waals surface area contributed by atoms with Gasteiger partial charge in [-0.05, 0) is 36.4 Å². The topological polar surface area (TPSA) is 70.2 Å². The predicted octanol–water partition coefficient (Wildman–Crippen LogP) is 4.08. The van der Waals surface area contributed by atoms with Gasteiger partial charge in [0, 0.05) is 43.2 Å². The van der Waals surface area contributed by atoms with Gasteiger partial charge < -0.3 is 15.5 Å². The summed E-state index contributed by atoms with van der Waals surface area (Å²) in [6.07, 6.45) is 4.42. The number of anilines is 4. The van der Waals surface area contributed by atoms with Crippen LogP contribution in [0.15, 0.2) is 66.9 Å². The number of carbonyl (C=O) groups excluding carboxylic acids is 1. The third kappa shape index (κ3) is 5.14. The van der Waals surface area contributed by atoms with Crippen molar-refractivity contribution in [3.63, 3.8) is 0 Å². The van der Waals surface area contributed by atoms with E-state index in [0.29, 0.717) is 17.1 Å². The van der Waals surface area contributed by atoms with Gasteiger partial charge in [0.05, 0.1) is 11.9 Å². The van der Waals surface area contributed by atoms with Crippen LogP contribution in [-0.2, 0) is 4.79 Å². The van der Waals surface area contributed by atoms with Crippen LogP contribution in [0.5, 0.6) is 0 Å². The van der Waals surface area contributed by atoms with Crippen LogP contribution >= 0.6 is 0 Å². The Kier molecular flexibility index (Phi) is 5.96. The second-order valence-corrected chi connectivity index (χ2v) is 6.24. The lowest BCUT2D eigenvalue weighted by atomic mass is 10.2. The summed E-state index contributed by atoms with van der Waals surface area (Å²) in [5.74, 6) is -0.0901. The maximum absolute atomic E-state index is 13.6. The lowest BCUT2D eigenvalue weighted by Crippen LogP contribution is -2.10. The molecule has 0 aliphatic carbocycles. The average Bonchev–Trinajstić information content (AvgIpc) is 2.69. The number of aromatic nitrogens is 2. The van der Waals surface area contributed by atoms with E-state index in [2.05, 4.69) is 20.8 Å². The molecule has 0 bridgehead atoms. The Balaban J connectivity index is 1.60. The molecule has 2 N–H and O–H groups in total. The van der Waals surface area contributed by atoms with Crippen LogP contribution < -0.4 is 15.5 Å². The number of benzene rings is 2. The van der Waals surface area contributed by atoms with Crippen molar-refractivity contribution in [1.29, 1.82) is 0 Å². The molecule has 1 heterocycles. The summed E-state index contributed by atoms with van der Waals surface area (Å²) in [6.45, 7) is 0. The van der Waals surface area contributed by atoms with Gasteiger partial charge in [-0.1, -0.05) is 18.2 Å². The zero-order valence-electron chi connectivity index (χ0n) is 15.6. The van der Waals surface area contributed by atoms with Gasteiger partial charge in [0.2, 0.25) is 5.91 Å². The number of rotatable bonds is 6. The fourth-order valence-electron chi connectivity index (χ4n) is 2.41. The van der Waals surface area contributed by atoms with Gasteiger partial charge >= 0.3 is 0 Å². The van der Waals surface area contributed by atoms with Crippen molar-refractivity contribution in [2.45, 2.75) is 0 Å². The minimum atomic E-state index is -0.372. The van der Waals surface area contributed by atoms with Crippen molar-refractivity contribution < 1.29 is 9.18 Å². The van der Waals surface area contributed by atoms with Crippen molar-refractivity contribution in [2.24, 2.45) is 0 Å². The Morgan fingerprint density at radius 2 is 1.79 bits per heavy atom. The molecule has 142 valence electrons. The maximum Gasteiger partial charge on any atom is 0.248 e. The van der Waals surface area contributed by atoms with Crippen LogP contribution in [0.25, 0.3) is 6.08 Å². The Hall–Kier alpha value is -3.74. The molecule has 0 saturated heterocycles. The molecule has 0 aliphatic rings. The van der Waals surface area contributed by atoms with Gasteiger partial charge in [-0.15, -0.1) is 5.10 Å². The molecule has 1 aromatic heterocycles. The number of carbonyl (C=O) groups is 1. The van der Waals surface area contributed by atoms with Crippen LogP contribution in [0, 0.1) is 5.82 Å². The minimum absolute atomic E-state index is 0.339. The summed E-state index contributed by atoms with van der Waals surface area (Å²) >= 11 is 0. The van der Waals surface area contributed by atoms with Gasteiger partial charge in [-0.2, -0.15) is 5.10 Å². The van der Waals surface area contributed by atoms with Crippen LogP contribution in [0.2, 0.25) is 0 Å². The van der Waals surface area contributed by atoms with E-state index in [1.807, 2.05) is 37.2 Å². The Labute approximate surface area is 162 Å². The van der Waals surface area contributed by atoms with E-state index in [1.54, 1.807) is 36.5 Å². The van der Waals surface area contributed by atoms with E-state index in [4.69, 9.17) is 0 Å². The number of hydrogen-bond acceptors (Lipinski definition) is 5. The van der Waals surface area contributed by atoms with Crippen molar-refractivity contribution in [3.05, 3.63) is 78.3 Å². The molecule has 3 aromatic rings. The largest absolute Gasteiger partial charge is 0.376 e. The molecule has 6 nitrogen and oxygen atoms in total. The first-order chi connectivity index (χ1) is 13.5. The fourth-order valence-corrected chi connectivity index (χ4v) is 2.41. The van der Waals surface area contributed by atoms with Crippen molar-refractivity contribution in [2.75, 3.05) is 29.6 Å². The smallest absolute Gasteiger partial charge is 0.248 e. The number of hydrogen-bond donors (Lipinski definition) is 2. The van der Waals surface area contributed by atoms with E-state index in [-0.39, 0.29) is 11.7 Å². The Morgan fingerprint density at radius 3 is 2.50 bits per heavy atom. The van der Waals surface area contributed by atoms with Gasteiger partial charge in [0.25, 0.3) is 0 Å². The minimum Gasteiger partial charge on any atom is -0.376 e. The Morgan fingerprint density at radius 1 is 1.07 bits per heavy atom. The van der Waals surface area contributed by atoms with E-state index in [0.717, 1.165) is 11.4 Å². The summed E-state index contributed by atoms with van der Waals surface area (Å²) in [4.78, 5) is 14.0. The Bertz CT molecular complexity index is 986. The molecular weight excluding hydrogens is 357 g/mol. The first kappa shape index (κ1) is 19.0. The highest BCUT2D eigenvalue weighted by Crippen LogP contribution is 2.20. The lowest BCUT2D eigenvalue weighted by molar-refractivity contribution is -0.111. The van der Waals surface area contributed by atoms with Gasteiger partial charge in [0.15, 0.2) is 5.82 Å². The molecule has 28 heavy (non-hydrogen) atoms. The zero-order valence-corrected chi connectivity index (χ0v) is 15.6. The molecule has 0 atom stereocenters. The predicted molar refractivity (Wildman–Crippen MR) is 110 cm³/mol. The van der Waals surface area contributed by atoms with Gasteiger partial charge in [-0.3, -0.25) is 4.79 Å². The highest BCUT2D eigenvalue weighted by molar-refractivity contribution is 6.02. The van der Waals surface area contributed by atoms with E-state index >= 15 is 0 Å². The maximum atomic E-state index is 13.6. The number of nitrogens with zero attached hydrogens (tertiary/aromatic N) is 3. The third-order valence-electron chi connectivity index (χ3n) is 3.90. The van der Waals surface area contributed by atoms with Crippen molar-refractivity contribution in [1.82, 2.24) is 10.2 Å². The number of halogens is 1. The molecule has 0 radical (unpaired) electrons. The summed E-state index contributed by atoms with van der Waals surface area (Å²) in [5, 5.41) is 13.9. The van der Waals surface area contributed by atoms with Crippen molar-refractivity contribution >= 4 is 34.9 Å². The molecule has 7 heteroatoms. The fraction of sp³-hybridized carbons (Fsp3) is 0.0952. The summed E-state index contributed by atoms with van der Waals surface area (Å²) < 4.78 is 13.6. The standard InChI is InChI=1S/C21H20FN5O/c1-27(2)18-13-20(26-23-14-18)24-16-8-10-17(11-9-16)25-21(28)12-7-15-5-3-4-6-19(15)22/h3-14H,1-2H3,(H,24,26)(H,25,28)/b12-7+. The number of nitrogens with one attached hydrogen (secondary N) is 2. The summed E-state index contributed by atoms with van der Waals surface area (Å²) in [5.41, 5.74) is 2.73. The highest BCUT2D eigenvalue weighted by Gasteiger charge is 2.03. The SMILES string of the molecule is CN(C)c1cnnc(Nc2ccc(NC(=O)/C=C/c3ccccc3F)cc2)c1. The van der Waals surface area contributed by atoms with Gasteiger partial charge in [0.1, 0.15) is 5.82 Å². The third-order valence-corrected chi connectivity index (χ3v) is 3.90. The number of amides is 1. The first-order valence-electron chi connectivity index (χ1n) is 8.62. The van der Waals surface area contributed by atoms with Crippen LogP contribution in [0.1, 0.15) is 5.56 Å². The quantitative estimate of drug-likeness (QED) is 0.634. The molecule has 0 saturated carbocycles. The van der Waals surface area contributed by atoms with Gasteiger partial charge in [-0.25, -0.2) is 4.39 Å². The molecule has 3 rings (SSSR count). The molecule has 0 unspecified atom stereocenters. The summed E-state index contributed by atoms with van der Waals surface area (Å²) in [7, 11) is 3.86. The molecule has 0 fully saturated rings. The second-order valence-electron chi connectivity index (χ2n) is 6.24. The van der Waals surface area contributed by atoms with E-state index in [9.17, 15) is 9.18 Å². The molecule has 0 spiro atoms. The first-order valence-corrected chi connectivity index (χ1v) is 8.62. The molecule has 1 amide bonds. The normalized spacial score (nSPS) is 10.7. The van der Waals surface area contributed by atoms with E-state index in [1.165, 1.54) is 18.2 Å². The lowest BCUT2D eigenvalue weighted by Gasteiger charge is -2.13. The molecule has 2 aromatic carbocycles. The van der Waals surface area contributed by atoms with Crippen LogP contribution in [-0.4, -0.2) is 30.2 Å². The average molecular weight is 377 g/mol. The summed E-state index contributed by atoms with van der Waals surface area (Å²) in [6, 6.07) is 15.3. The monoisotopic (exact) mass is 377 g/mol. The van der Waals surface area contributed by atoms with E-state index < -0.39 is 0 Å². The molecule has 0 aliphatic heterocycles. The van der Waals surface area contributed by atoms with Crippen LogP contribution in [0.3, 0.4) is 0 Å². The molecular formula is C21H20FN5O. The van der Waals surface area contributed by atoms with Crippen molar-refractivity contribution in [3.8, 4) is 0 Å². The zero-order chi connectivity index (χ0) is 19.9. The second kappa shape index (κ2) is 8.77.